The lowest BCUT2D eigenvalue weighted by Crippen LogP contribution is -2.19. The number of allylic oxidation sites excluding steroid dienone is 3. The van der Waals surface area contributed by atoms with E-state index in [1.54, 1.807) is 14.2 Å². The van der Waals surface area contributed by atoms with Crippen LogP contribution in [0, 0.1) is 5.92 Å². The number of rotatable bonds is 12. The Balaban J connectivity index is 2.54. The highest BCUT2D eigenvalue weighted by Gasteiger charge is 2.31. The molecule has 0 radical (unpaired) electrons. The highest BCUT2D eigenvalue weighted by molar-refractivity contribution is 5.53. The maximum atomic E-state index is 6.07. The maximum absolute atomic E-state index is 6.07. The lowest BCUT2D eigenvalue weighted by Gasteiger charge is -2.33. The molecule has 0 aromatic heterocycles. The summed E-state index contributed by atoms with van der Waals surface area (Å²) in [6.45, 7) is 11.2. The molecule has 1 aliphatic carbocycles. The Kier molecular flexibility index (Phi) is 9.75. The molecule has 1 aromatic rings. The maximum Gasteiger partial charge on any atom is 0.188 e. The van der Waals surface area contributed by atoms with Crippen molar-refractivity contribution in [2.45, 2.75) is 65.2 Å². The molecule has 0 bridgehead atoms. The van der Waals surface area contributed by atoms with Crippen LogP contribution in [0.5, 0.6) is 11.5 Å². The van der Waals surface area contributed by atoms with Crippen LogP contribution in [0.2, 0.25) is 0 Å². The number of benzene rings is 1. The van der Waals surface area contributed by atoms with E-state index in [4.69, 9.17) is 18.9 Å². The van der Waals surface area contributed by atoms with Crippen molar-refractivity contribution < 1.29 is 18.9 Å². The van der Waals surface area contributed by atoms with Gasteiger partial charge in [0, 0.05) is 25.7 Å². The molecular formula is C25H38O4. The summed E-state index contributed by atoms with van der Waals surface area (Å²) in [7, 11) is 3.29. The van der Waals surface area contributed by atoms with Crippen molar-refractivity contribution in [3.8, 4) is 11.5 Å². The molecule has 4 heteroatoms. The third-order valence-corrected chi connectivity index (χ3v) is 5.61. The second-order valence-electron chi connectivity index (χ2n) is 8.09. The van der Waals surface area contributed by atoms with Crippen LogP contribution in [0.1, 0.15) is 69.9 Å². The fourth-order valence-corrected chi connectivity index (χ4v) is 4.10. The summed E-state index contributed by atoms with van der Waals surface area (Å²) < 4.78 is 22.6. The van der Waals surface area contributed by atoms with E-state index in [1.165, 1.54) is 29.6 Å². The first-order valence-corrected chi connectivity index (χ1v) is 10.7. The average Bonchev–Trinajstić information content (AvgIpc) is 2.70. The summed E-state index contributed by atoms with van der Waals surface area (Å²) in [4.78, 5) is 0. The SMILES string of the molecule is C=C(C)C1CCC(C)=CC1c1c(OCOC)cc(CCCCC)cc1OCOC. The van der Waals surface area contributed by atoms with E-state index < -0.39 is 0 Å². The van der Waals surface area contributed by atoms with Crippen molar-refractivity contribution in [2.24, 2.45) is 5.92 Å². The van der Waals surface area contributed by atoms with Crippen molar-refractivity contribution in [2.75, 3.05) is 27.8 Å². The van der Waals surface area contributed by atoms with Gasteiger partial charge in [0.1, 0.15) is 11.5 Å². The quantitative estimate of drug-likeness (QED) is 0.230. The van der Waals surface area contributed by atoms with Crippen molar-refractivity contribution in [1.29, 1.82) is 0 Å². The van der Waals surface area contributed by atoms with Crippen LogP contribution >= 0.6 is 0 Å². The normalized spacial score (nSPS) is 19.0. The second-order valence-corrected chi connectivity index (χ2v) is 8.09. The molecule has 0 saturated heterocycles. The third kappa shape index (κ3) is 6.61. The monoisotopic (exact) mass is 402 g/mol. The van der Waals surface area contributed by atoms with Crippen LogP contribution in [0.15, 0.2) is 35.9 Å². The molecule has 0 N–H and O–H groups in total. The number of hydrogen-bond donors (Lipinski definition) is 0. The number of hydrogen-bond acceptors (Lipinski definition) is 4. The topological polar surface area (TPSA) is 36.9 Å². The van der Waals surface area contributed by atoms with Gasteiger partial charge in [0.2, 0.25) is 0 Å². The van der Waals surface area contributed by atoms with Crippen molar-refractivity contribution >= 4 is 0 Å². The van der Waals surface area contributed by atoms with Crippen LogP contribution in [-0.4, -0.2) is 27.8 Å². The van der Waals surface area contributed by atoms with Crippen molar-refractivity contribution in [1.82, 2.24) is 0 Å². The average molecular weight is 403 g/mol. The molecule has 0 saturated carbocycles. The largest absolute Gasteiger partial charge is 0.467 e. The Bertz CT molecular complexity index is 663. The fourth-order valence-electron chi connectivity index (χ4n) is 4.10. The molecule has 2 unspecified atom stereocenters. The predicted octanol–water partition coefficient (Wildman–Crippen LogP) is 6.40. The standard InChI is InChI=1S/C25H38O4/c1-7-8-9-10-20-14-23(28-16-26-5)25(24(15-20)29-17-27-6)22-13-19(4)11-12-21(22)18(2)3/h13-15,21-22H,2,7-12,16-17H2,1,3-6H3. The summed E-state index contributed by atoms with van der Waals surface area (Å²) in [6.07, 6.45) is 9.12. The van der Waals surface area contributed by atoms with Gasteiger partial charge in [-0.05, 0) is 63.1 Å². The molecule has 0 aliphatic heterocycles. The molecule has 1 aliphatic rings. The zero-order chi connectivity index (χ0) is 21.2. The number of methoxy groups -OCH3 is 2. The third-order valence-electron chi connectivity index (χ3n) is 5.61. The number of unbranched alkanes of at least 4 members (excludes halogenated alkanes) is 2. The summed E-state index contributed by atoms with van der Waals surface area (Å²) in [6, 6.07) is 4.33. The van der Waals surface area contributed by atoms with Gasteiger partial charge in [0.05, 0.1) is 0 Å². The van der Waals surface area contributed by atoms with Gasteiger partial charge in [-0.2, -0.15) is 0 Å². The lowest BCUT2D eigenvalue weighted by molar-refractivity contribution is 0.0439. The van der Waals surface area contributed by atoms with Crippen LogP contribution in [0.4, 0.5) is 0 Å². The van der Waals surface area contributed by atoms with E-state index in [0.717, 1.165) is 42.7 Å². The molecule has 0 spiro atoms. The Morgan fingerprint density at radius 3 is 2.21 bits per heavy atom. The first-order valence-electron chi connectivity index (χ1n) is 10.7. The van der Waals surface area contributed by atoms with E-state index in [0.29, 0.717) is 5.92 Å². The predicted molar refractivity (Wildman–Crippen MR) is 119 cm³/mol. The van der Waals surface area contributed by atoms with Crippen LogP contribution in [0.3, 0.4) is 0 Å². The molecule has 162 valence electrons. The molecular weight excluding hydrogens is 364 g/mol. The van der Waals surface area contributed by atoms with E-state index in [2.05, 4.69) is 45.6 Å². The first-order chi connectivity index (χ1) is 14.0. The number of aryl methyl sites for hydroxylation is 1. The van der Waals surface area contributed by atoms with Crippen molar-refractivity contribution in [3.05, 3.63) is 47.1 Å². The van der Waals surface area contributed by atoms with E-state index in [1.807, 2.05) is 0 Å². The minimum absolute atomic E-state index is 0.171. The summed E-state index contributed by atoms with van der Waals surface area (Å²) in [5, 5.41) is 0. The molecule has 0 fully saturated rings. The minimum Gasteiger partial charge on any atom is -0.467 e. The van der Waals surface area contributed by atoms with Gasteiger partial charge >= 0.3 is 0 Å². The highest BCUT2D eigenvalue weighted by atomic mass is 16.7. The van der Waals surface area contributed by atoms with E-state index >= 15 is 0 Å². The Morgan fingerprint density at radius 2 is 1.69 bits per heavy atom. The van der Waals surface area contributed by atoms with E-state index in [9.17, 15) is 0 Å². The second kappa shape index (κ2) is 12.0. The molecule has 4 nitrogen and oxygen atoms in total. The number of ether oxygens (including phenoxy) is 4. The minimum atomic E-state index is 0.171. The van der Waals surface area contributed by atoms with Crippen molar-refractivity contribution in [3.63, 3.8) is 0 Å². The Morgan fingerprint density at radius 1 is 1.07 bits per heavy atom. The van der Waals surface area contributed by atoms with Crippen LogP contribution < -0.4 is 9.47 Å². The molecule has 1 aromatic carbocycles. The van der Waals surface area contributed by atoms with Gasteiger partial charge in [-0.3, -0.25) is 0 Å². The van der Waals surface area contributed by atoms with Gasteiger partial charge in [-0.25, -0.2) is 0 Å². The molecule has 2 rings (SSSR count). The van der Waals surface area contributed by atoms with Gasteiger partial charge in [-0.1, -0.05) is 43.6 Å². The zero-order valence-corrected chi connectivity index (χ0v) is 18.9. The summed E-state index contributed by atoms with van der Waals surface area (Å²) in [5.74, 6) is 2.22. The highest BCUT2D eigenvalue weighted by Crippen LogP contribution is 2.47. The van der Waals surface area contributed by atoms with Crippen LogP contribution in [0.25, 0.3) is 0 Å². The van der Waals surface area contributed by atoms with Gasteiger partial charge in [0.25, 0.3) is 0 Å². The Labute approximate surface area is 176 Å². The fraction of sp³-hybridized carbons (Fsp3) is 0.600. The molecule has 29 heavy (non-hydrogen) atoms. The first kappa shape index (κ1) is 23.5. The summed E-state index contributed by atoms with van der Waals surface area (Å²) in [5.41, 5.74) is 4.89. The summed E-state index contributed by atoms with van der Waals surface area (Å²) >= 11 is 0. The molecule has 0 heterocycles. The van der Waals surface area contributed by atoms with Gasteiger partial charge in [0.15, 0.2) is 13.6 Å². The van der Waals surface area contributed by atoms with Gasteiger partial charge in [-0.15, -0.1) is 0 Å². The zero-order valence-electron chi connectivity index (χ0n) is 18.9. The molecule has 2 atom stereocenters. The smallest absolute Gasteiger partial charge is 0.188 e. The lowest BCUT2D eigenvalue weighted by atomic mass is 9.73. The van der Waals surface area contributed by atoms with Gasteiger partial charge < -0.3 is 18.9 Å². The van der Waals surface area contributed by atoms with E-state index in [-0.39, 0.29) is 19.5 Å². The molecule has 0 amide bonds. The van der Waals surface area contributed by atoms with Crippen LogP contribution in [-0.2, 0) is 15.9 Å². The Hall–Kier alpha value is -1.78.